The summed E-state index contributed by atoms with van der Waals surface area (Å²) in [6.07, 6.45) is 4.36. The van der Waals surface area contributed by atoms with Gasteiger partial charge in [0.25, 0.3) is 0 Å². The highest BCUT2D eigenvalue weighted by atomic mass is 16.5. The van der Waals surface area contributed by atoms with Gasteiger partial charge in [-0.05, 0) is 102 Å². The maximum Gasteiger partial charge on any atom is 0.185 e. The van der Waals surface area contributed by atoms with E-state index in [1.54, 1.807) is 18.2 Å². The zero-order chi connectivity index (χ0) is 23.2. The van der Waals surface area contributed by atoms with Crippen LogP contribution >= 0.6 is 0 Å². The molecule has 2 rings (SSSR count). The molecule has 0 atom stereocenters. The average Bonchev–Trinajstić information content (AvgIpc) is 2.65. The molecule has 4 nitrogen and oxygen atoms in total. The van der Waals surface area contributed by atoms with Gasteiger partial charge in [-0.15, -0.1) is 0 Å². The first kappa shape index (κ1) is 24.5. The van der Waals surface area contributed by atoms with Crippen molar-refractivity contribution in [3.8, 4) is 17.2 Å². The SMILES string of the molecule is CCCOc1ccc(C(=O)/C=C/c2cc(OC(C)(C)C)cc(OC(C)(C)C)c2C)cc1. The Morgan fingerprint density at radius 3 is 2.06 bits per heavy atom. The third kappa shape index (κ3) is 8.12. The van der Waals surface area contributed by atoms with Gasteiger partial charge in [-0.1, -0.05) is 13.0 Å². The van der Waals surface area contributed by atoms with Crippen LogP contribution in [-0.2, 0) is 0 Å². The van der Waals surface area contributed by atoms with Crippen LogP contribution in [0.2, 0.25) is 0 Å². The summed E-state index contributed by atoms with van der Waals surface area (Å²) in [5, 5.41) is 0. The molecule has 2 aromatic rings. The minimum Gasteiger partial charge on any atom is -0.494 e. The second-order valence-corrected chi connectivity index (χ2v) is 9.63. The highest BCUT2D eigenvalue weighted by molar-refractivity contribution is 6.07. The van der Waals surface area contributed by atoms with Crippen LogP contribution in [0.15, 0.2) is 42.5 Å². The molecule has 0 heterocycles. The molecular weight excluding hydrogens is 388 g/mol. The van der Waals surface area contributed by atoms with Crippen molar-refractivity contribution in [3.63, 3.8) is 0 Å². The minimum absolute atomic E-state index is 0.0677. The van der Waals surface area contributed by atoms with Gasteiger partial charge in [-0.2, -0.15) is 0 Å². The van der Waals surface area contributed by atoms with Gasteiger partial charge in [0.15, 0.2) is 5.78 Å². The van der Waals surface area contributed by atoms with E-state index in [0.717, 1.165) is 29.0 Å². The lowest BCUT2D eigenvalue weighted by Gasteiger charge is -2.26. The molecule has 0 N–H and O–H groups in total. The Morgan fingerprint density at radius 1 is 0.903 bits per heavy atom. The summed E-state index contributed by atoms with van der Waals surface area (Å²) in [6, 6.07) is 11.1. The topological polar surface area (TPSA) is 44.8 Å². The highest BCUT2D eigenvalue weighted by Crippen LogP contribution is 2.33. The Kier molecular flexibility index (Phi) is 7.94. The Balaban J connectivity index is 2.30. The summed E-state index contributed by atoms with van der Waals surface area (Å²) in [7, 11) is 0. The molecule has 0 unspecified atom stereocenters. The predicted molar refractivity (Wildman–Crippen MR) is 128 cm³/mol. The third-order valence-corrected chi connectivity index (χ3v) is 4.24. The molecule has 0 bridgehead atoms. The van der Waals surface area contributed by atoms with Gasteiger partial charge in [0.05, 0.1) is 6.61 Å². The molecule has 168 valence electrons. The molecule has 0 aliphatic rings. The van der Waals surface area contributed by atoms with E-state index >= 15 is 0 Å². The van der Waals surface area contributed by atoms with Crippen LogP contribution in [0.1, 0.15) is 76.4 Å². The number of hydrogen-bond donors (Lipinski definition) is 0. The molecule has 31 heavy (non-hydrogen) atoms. The van der Waals surface area contributed by atoms with Crippen molar-refractivity contribution in [2.24, 2.45) is 0 Å². The molecule has 0 spiro atoms. The average molecular weight is 425 g/mol. The Hall–Kier alpha value is -2.75. The Labute approximate surface area is 187 Å². The number of rotatable bonds is 8. The number of ether oxygens (including phenoxy) is 3. The van der Waals surface area contributed by atoms with Crippen LogP contribution in [-0.4, -0.2) is 23.6 Å². The van der Waals surface area contributed by atoms with E-state index in [0.29, 0.717) is 17.9 Å². The van der Waals surface area contributed by atoms with Gasteiger partial charge < -0.3 is 14.2 Å². The number of carbonyl (C=O) groups is 1. The van der Waals surface area contributed by atoms with Crippen LogP contribution in [0.25, 0.3) is 6.08 Å². The van der Waals surface area contributed by atoms with Crippen LogP contribution < -0.4 is 14.2 Å². The zero-order valence-electron chi connectivity index (χ0n) is 20.2. The maximum atomic E-state index is 12.7. The van der Waals surface area contributed by atoms with E-state index in [1.807, 2.05) is 78.8 Å². The van der Waals surface area contributed by atoms with Crippen LogP contribution in [0.3, 0.4) is 0 Å². The van der Waals surface area contributed by atoms with Crippen molar-refractivity contribution in [1.29, 1.82) is 0 Å². The van der Waals surface area contributed by atoms with Gasteiger partial charge in [0.1, 0.15) is 28.5 Å². The molecule has 2 aromatic carbocycles. The minimum atomic E-state index is -0.344. The van der Waals surface area contributed by atoms with Crippen LogP contribution in [0.5, 0.6) is 17.2 Å². The molecule has 0 fully saturated rings. The van der Waals surface area contributed by atoms with Crippen LogP contribution in [0, 0.1) is 6.92 Å². The van der Waals surface area contributed by atoms with Gasteiger partial charge in [0.2, 0.25) is 0 Å². The maximum absolute atomic E-state index is 12.7. The largest absolute Gasteiger partial charge is 0.494 e. The lowest BCUT2D eigenvalue weighted by molar-refractivity contribution is 0.104. The zero-order valence-corrected chi connectivity index (χ0v) is 20.2. The van der Waals surface area contributed by atoms with E-state index in [2.05, 4.69) is 6.92 Å². The second-order valence-electron chi connectivity index (χ2n) is 9.63. The highest BCUT2D eigenvalue weighted by Gasteiger charge is 2.19. The molecule has 0 aromatic heterocycles. The van der Waals surface area contributed by atoms with Gasteiger partial charge >= 0.3 is 0 Å². The number of carbonyl (C=O) groups excluding carboxylic acids is 1. The van der Waals surface area contributed by atoms with E-state index in [1.165, 1.54) is 0 Å². The fourth-order valence-corrected chi connectivity index (χ4v) is 2.90. The standard InChI is InChI=1S/C27H36O4/c1-9-16-29-22-13-10-20(11-14-22)24(28)15-12-21-17-23(30-26(3,4)5)18-25(19(21)2)31-27(6,7)8/h10-15,17-18H,9,16H2,1-8H3/b15-12+. The van der Waals surface area contributed by atoms with E-state index < -0.39 is 0 Å². The lowest BCUT2D eigenvalue weighted by atomic mass is 10.0. The van der Waals surface area contributed by atoms with Crippen molar-refractivity contribution >= 4 is 11.9 Å². The Bertz CT molecular complexity index is 910. The number of hydrogen-bond acceptors (Lipinski definition) is 4. The predicted octanol–water partition coefficient (Wildman–Crippen LogP) is 7.03. The first-order chi connectivity index (χ1) is 14.4. The summed E-state index contributed by atoms with van der Waals surface area (Å²) in [5.41, 5.74) is 1.78. The summed E-state index contributed by atoms with van der Waals surface area (Å²) >= 11 is 0. The molecule has 0 aliphatic carbocycles. The lowest BCUT2D eigenvalue weighted by Crippen LogP contribution is -2.25. The van der Waals surface area contributed by atoms with Gasteiger partial charge in [0, 0.05) is 11.6 Å². The van der Waals surface area contributed by atoms with E-state index in [4.69, 9.17) is 14.2 Å². The molecule has 0 amide bonds. The smallest absolute Gasteiger partial charge is 0.185 e. The first-order valence-electron chi connectivity index (χ1n) is 10.9. The van der Waals surface area contributed by atoms with Crippen molar-refractivity contribution in [2.75, 3.05) is 6.61 Å². The number of ketones is 1. The molecule has 0 saturated heterocycles. The molecule has 0 aliphatic heterocycles. The monoisotopic (exact) mass is 424 g/mol. The third-order valence-electron chi connectivity index (χ3n) is 4.24. The molecule has 0 saturated carbocycles. The first-order valence-corrected chi connectivity index (χ1v) is 10.9. The fraction of sp³-hybridized carbons (Fsp3) is 0.444. The van der Waals surface area contributed by atoms with E-state index in [-0.39, 0.29) is 17.0 Å². The van der Waals surface area contributed by atoms with Gasteiger partial charge in [-0.25, -0.2) is 0 Å². The summed E-state index contributed by atoms with van der Waals surface area (Å²) in [6.45, 7) is 16.8. The van der Waals surface area contributed by atoms with Crippen molar-refractivity contribution in [2.45, 2.75) is 73.0 Å². The molecule has 0 radical (unpaired) electrons. The Morgan fingerprint density at radius 2 is 1.52 bits per heavy atom. The van der Waals surface area contributed by atoms with Crippen molar-refractivity contribution < 1.29 is 19.0 Å². The van der Waals surface area contributed by atoms with E-state index in [9.17, 15) is 4.79 Å². The fourth-order valence-electron chi connectivity index (χ4n) is 2.90. The summed E-state index contributed by atoms with van der Waals surface area (Å²) < 4.78 is 17.8. The van der Waals surface area contributed by atoms with Crippen LogP contribution in [0.4, 0.5) is 0 Å². The van der Waals surface area contributed by atoms with Crippen molar-refractivity contribution in [1.82, 2.24) is 0 Å². The number of benzene rings is 2. The second kappa shape index (κ2) is 10.0. The van der Waals surface area contributed by atoms with Gasteiger partial charge in [-0.3, -0.25) is 4.79 Å². The summed E-state index contributed by atoms with van der Waals surface area (Å²) in [4.78, 5) is 12.7. The normalized spacial score (nSPS) is 12.1. The summed E-state index contributed by atoms with van der Waals surface area (Å²) in [5.74, 6) is 2.16. The number of allylic oxidation sites excluding steroid dienone is 1. The molecule has 4 heteroatoms. The van der Waals surface area contributed by atoms with Crippen molar-refractivity contribution in [3.05, 3.63) is 59.2 Å². The molecular formula is C27H36O4. The quantitative estimate of drug-likeness (QED) is 0.337.